The Kier molecular flexibility index (Phi) is 6.97. The van der Waals surface area contributed by atoms with Crippen molar-refractivity contribution in [2.75, 3.05) is 19.0 Å². The Labute approximate surface area is 164 Å². The van der Waals surface area contributed by atoms with Crippen LogP contribution in [-0.2, 0) is 9.59 Å². The van der Waals surface area contributed by atoms with Gasteiger partial charge in [-0.15, -0.1) is 0 Å². The quantitative estimate of drug-likeness (QED) is 0.514. The number of carboxylic acids is 1. The van der Waals surface area contributed by atoms with Gasteiger partial charge in [-0.25, -0.2) is 4.79 Å². The number of aliphatic carboxylic acids is 1. The monoisotopic (exact) mass is 430 g/mol. The minimum Gasteiger partial charge on any atom is -0.497 e. The first-order chi connectivity index (χ1) is 12.9. The summed E-state index contributed by atoms with van der Waals surface area (Å²) in [6.45, 7) is -0.471. The molecular weight excluding hydrogens is 416 g/mol. The number of halogens is 1. The van der Waals surface area contributed by atoms with E-state index in [9.17, 15) is 14.9 Å². The second-order valence-corrected chi connectivity index (χ2v) is 6.08. The first kappa shape index (κ1) is 20.0. The first-order valence-corrected chi connectivity index (χ1v) is 8.43. The van der Waals surface area contributed by atoms with Gasteiger partial charge in [-0.3, -0.25) is 4.79 Å². The highest BCUT2D eigenvalue weighted by Gasteiger charge is 2.11. The van der Waals surface area contributed by atoms with Gasteiger partial charge in [-0.05, 0) is 64.0 Å². The smallest absolute Gasteiger partial charge is 0.341 e. The molecule has 8 heteroatoms. The molecular formula is C19H15BrN2O5. The molecule has 2 rings (SSSR count). The fourth-order valence-corrected chi connectivity index (χ4v) is 2.56. The molecule has 0 fully saturated rings. The van der Waals surface area contributed by atoms with Gasteiger partial charge in [0.15, 0.2) is 6.61 Å². The predicted molar refractivity (Wildman–Crippen MR) is 102 cm³/mol. The van der Waals surface area contributed by atoms with E-state index in [-0.39, 0.29) is 5.57 Å². The number of hydrogen-bond donors (Lipinski definition) is 2. The van der Waals surface area contributed by atoms with Gasteiger partial charge >= 0.3 is 5.97 Å². The molecule has 0 bridgehead atoms. The van der Waals surface area contributed by atoms with Gasteiger partial charge in [0.05, 0.1) is 11.6 Å². The van der Waals surface area contributed by atoms with Gasteiger partial charge in [0.1, 0.15) is 23.1 Å². The second kappa shape index (κ2) is 9.40. The number of nitrogens with one attached hydrogen (secondary N) is 1. The van der Waals surface area contributed by atoms with Crippen molar-refractivity contribution >= 4 is 39.6 Å². The van der Waals surface area contributed by atoms with Crippen molar-refractivity contribution in [1.29, 1.82) is 5.26 Å². The number of hydrogen-bond acceptors (Lipinski definition) is 5. The Balaban J connectivity index is 2.14. The summed E-state index contributed by atoms with van der Waals surface area (Å²) >= 11 is 3.27. The fraction of sp³-hybridized carbons (Fsp3) is 0.105. The number of carboxylic acid groups (broad SMARTS) is 1. The van der Waals surface area contributed by atoms with E-state index in [1.165, 1.54) is 6.08 Å². The Hall–Kier alpha value is -3.31. The maximum Gasteiger partial charge on any atom is 0.341 e. The lowest BCUT2D eigenvalue weighted by molar-refractivity contribution is -0.139. The van der Waals surface area contributed by atoms with Crippen LogP contribution < -0.4 is 14.8 Å². The Morgan fingerprint density at radius 2 is 1.96 bits per heavy atom. The largest absolute Gasteiger partial charge is 0.497 e. The Bertz CT molecular complexity index is 917. The number of nitrogens with zero attached hydrogens (tertiary/aromatic N) is 1. The molecule has 2 aromatic rings. The molecule has 2 N–H and O–H groups in total. The molecule has 0 saturated heterocycles. The highest BCUT2D eigenvalue weighted by atomic mass is 79.9. The third-order valence-electron chi connectivity index (χ3n) is 3.33. The molecule has 2 aromatic carbocycles. The molecule has 7 nitrogen and oxygen atoms in total. The Morgan fingerprint density at radius 3 is 2.52 bits per heavy atom. The molecule has 0 atom stereocenters. The minimum absolute atomic E-state index is 0.0862. The average Bonchev–Trinajstić information content (AvgIpc) is 2.65. The van der Waals surface area contributed by atoms with Crippen LogP contribution in [0, 0.1) is 11.3 Å². The third-order valence-corrected chi connectivity index (χ3v) is 3.95. The van der Waals surface area contributed by atoms with Crippen LogP contribution >= 0.6 is 15.9 Å². The summed E-state index contributed by atoms with van der Waals surface area (Å²) in [6.07, 6.45) is 1.42. The van der Waals surface area contributed by atoms with Crippen LogP contribution in [0.3, 0.4) is 0 Å². The van der Waals surface area contributed by atoms with Crippen molar-refractivity contribution in [2.24, 2.45) is 0 Å². The van der Waals surface area contributed by atoms with Crippen LogP contribution in [0.5, 0.6) is 11.5 Å². The van der Waals surface area contributed by atoms with E-state index in [1.807, 2.05) is 6.07 Å². The number of rotatable bonds is 7. The molecule has 138 valence electrons. The van der Waals surface area contributed by atoms with Crippen LogP contribution in [0.2, 0.25) is 0 Å². The van der Waals surface area contributed by atoms with E-state index in [0.717, 1.165) is 0 Å². The summed E-state index contributed by atoms with van der Waals surface area (Å²) in [4.78, 5) is 22.9. The van der Waals surface area contributed by atoms with Crippen LogP contribution in [0.25, 0.3) is 6.08 Å². The standard InChI is InChI=1S/C19H15BrN2O5/c1-26-15-5-3-14(4-6-15)22-19(25)13(10-21)8-12-2-7-17(16(20)9-12)27-11-18(23)24/h2-9H,11H2,1H3,(H,22,25)(H,23,24). The van der Waals surface area contributed by atoms with E-state index in [0.29, 0.717) is 27.2 Å². The van der Waals surface area contributed by atoms with Crippen molar-refractivity contribution in [3.63, 3.8) is 0 Å². The highest BCUT2D eigenvalue weighted by molar-refractivity contribution is 9.10. The van der Waals surface area contributed by atoms with Crippen molar-refractivity contribution in [1.82, 2.24) is 0 Å². The number of amides is 1. The summed E-state index contributed by atoms with van der Waals surface area (Å²) in [5.74, 6) is -0.646. The van der Waals surface area contributed by atoms with Crippen molar-refractivity contribution in [2.45, 2.75) is 0 Å². The number of nitriles is 1. The first-order valence-electron chi connectivity index (χ1n) is 7.64. The summed E-state index contributed by atoms with van der Waals surface area (Å²) in [5, 5.41) is 20.6. The zero-order valence-corrected chi connectivity index (χ0v) is 15.8. The molecule has 0 unspecified atom stereocenters. The highest BCUT2D eigenvalue weighted by Crippen LogP contribution is 2.27. The topological polar surface area (TPSA) is 109 Å². The Morgan fingerprint density at radius 1 is 1.26 bits per heavy atom. The maximum atomic E-state index is 12.3. The van der Waals surface area contributed by atoms with Crippen LogP contribution in [0.15, 0.2) is 52.5 Å². The van der Waals surface area contributed by atoms with Crippen LogP contribution in [0.1, 0.15) is 5.56 Å². The van der Waals surface area contributed by atoms with Crippen LogP contribution in [0.4, 0.5) is 5.69 Å². The van der Waals surface area contributed by atoms with Gasteiger partial charge < -0.3 is 19.9 Å². The fourth-order valence-electron chi connectivity index (χ4n) is 2.05. The number of carbonyl (C=O) groups is 2. The lowest BCUT2D eigenvalue weighted by Crippen LogP contribution is -2.13. The molecule has 1 amide bonds. The molecule has 0 radical (unpaired) electrons. The molecule has 0 aliphatic rings. The number of benzene rings is 2. The van der Waals surface area contributed by atoms with Gasteiger partial charge in [-0.2, -0.15) is 5.26 Å². The maximum absolute atomic E-state index is 12.3. The zero-order valence-electron chi connectivity index (χ0n) is 14.2. The molecule has 0 aromatic heterocycles. The zero-order chi connectivity index (χ0) is 19.8. The SMILES string of the molecule is COc1ccc(NC(=O)C(C#N)=Cc2ccc(OCC(=O)O)c(Br)c2)cc1. The minimum atomic E-state index is -1.09. The van der Waals surface area contributed by atoms with Crippen LogP contribution in [-0.4, -0.2) is 30.7 Å². The molecule has 0 spiro atoms. The van der Waals surface area contributed by atoms with Crippen molar-refractivity contribution < 1.29 is 24.2 Å². The second-order valence-electron chi connectivity index (χ2n) is 5.22. The van der Waals surface area contributed by atoms with Gasteiger partial charge in [0.2, 0.25) is 0 Å². The molecule has 0 saturated carbocycles. The van der Waals surface area contributed by atoms with Gasteiger partial charge in [0, 0.05) is 5.69 Å². The normalized spacial score (nSPS) is 10.6. The summed E-state index contributed by atoms with van der Waals surface area (Å²) in [7, 11) is 1.54. The predicted octanol–water partition coefficient (Wildman–Crippen LogP) is 3.47. The lowest BCUT2D eigenvalue weighted by Gasteiger charge is -2.07. The van der Waals surface area contributed by atoms with E-state index in [2.05, 4.69) is 21.2 Å². The summed E-state index contributed by atoms with van der Waals surface area (Å²) < 4.78 is 10.7. The van der Waals surface area contributed by atoms with E-state index in [1.54, 1.807) is 49.6 Å². The number of anilines is 1. The van der Waals surface area contributed by atoms with E-state index in [4.69, 9.17) is 14.6 Å². The number of carbonyl (C=O) groups excluding carboxylic acids is 1. The molecule has 0 aliphatic carbocycles. The average molecular weight is 431 g/mol. The van der Waals surface area contributed by atoms with Crippen molar-refractivity contribution in [3.8, 4) is 17.6 Å². The van der Waals surface area contributed by atoms with E-state index < -0.39 is 18.5 Å². The summed E-state index contributed by atoms with van der Waals surface area (Å²) in [6, 6.07) is 13.4. The van der Waals surface area contributed by atoms with Gasteiger partial charge in [0.25, 0.3) is 5.91 Å². The number of ether oxygens (including phenoxy) is 2. The molecule has 0 aliphatic heterocycles. The summed E-state index contributed by atoms with van der Waals surface area (Å²) in [5.41, 5.74) is 1.02. The van der Waals surface area contributed by atoms with E-state index >= 15 is 0 Å². The van der Waals surface area contributed by atoms with Gasteiger partial charge in [-0.1, -0.05) is 6.07 Å². The molecule has 0 heterocycles. The third kappa shape index (κ3) is 5.87. The molecule has 27 heavy (non-hydrogen) atoms. The van der Waals surface area contributed by atoms with Crippen molar-refractivity contribution in [3.05, 3.63) is 58.1 Å². The number of methoxy groups -OCH3 is 1. The lowest BCUT2D eigenvalue weighted by atomic mass is 10.1.